The molecule has 4 nitrogen and oxygen atoms in total. The Bertz CT molecular complexity index is 383. The van der Waals surface area contributed by atoms with Crippen molar-refractivity contribution in [2.75, 3.05) is 7.11 Å². The maximum Gasteiger partial charge on any atom is 0.201 e. The first kappa shape index (κ1) is 7.79. The normalized spacial score (nSPS) is 9.92. The zero-order valence-corrected chi connectivity index (χ0v) is 7.19. The van der Waals surface area contributed by atoms with Gasteiger partial charge in [0.1, 0.15) is 0 Å². The Labute approximate surface area is 75.6 Å². The van der Waals surface area contributed by atoms with Gasteiger partial charge in [0, 0.05) is 18.6 Å². The molecule has 66 valence electrons. The number of nitrogens with zero attached hydrogens (tertiary/aromatic N) is 2. The third kappa shape index (κ3) is 1.38. The first-order valence-electron chi connectivity index (χ1n) is 3.90. The topological polar surface area (TPSA) is 50.8 Å². The van der Waals surface area contributed by atoms with Gasteiger partial charge in [-0.3, -0.25) is 0 Å². The molecule has 0 unspecified atom stereocenters. The van der Waals surface area contributed by atoms with Crippen molar-refractivity contribution in [3.8, 4) is 17.3 Å². The van der Waals surface area contributed by atoms with Crippen molar-refractivity contribution in [3.05, 3.63) is 30.7 Å². The van der Waals surface area contributed by atoms with E-state index in [1.807, 2.05) is 6.07 Å². The molecule has 0 aromatic carbocycles. The first-order chi connectivity index (χ1) is 6.42. The van der Waals surface area contributed by atoms with Crippen LogP contribution in [0.2, 0.25) is 0 Å². The van der Waals surface area contributed by atoms with Crippen LogP contribution in [-0.2, 0) is 0 Å². The van der Waals surface area contributed by atoms with E-state index < -0.39 is 0 Å². The number of nitrogens with one attached hydrogen (secondary N) is 1. The molecule has 0 aliphatic carbocycles. The van der Waals surface area contributed by atoms with Gasteiger partial charge >= 0.3 is 0 Å². The fourth-order valence-electron chi connectivity index (χ4n) is 1.14. The van der Waals surface area contributed by atoms with Crippen LogP contribution < -0.4 is 4.74 Å². The summed E-state index contributed by atoms with van der Waals surface area (Å²) in [6, 6.07) is 3.66. The Morgan fingerprint density at radius 1 is 1.31 bits per heavy atom. The summed E-state index contributed by atoms with van der Waals surface area (Å²) in [7, 11) is 1.61. The molecule has 2 aromatic rings. The van der Waals surface area contributed by atoms with Crippen molar-refractivity contribution in [2.24, 2.45) is 0 Å². The van der Waals surface area contributed by atoms with Crippen LogP contribution in [0.3, 0.4) is 0 Å². The van der Waals surface area contributed by atoms with Gasteiger partial charge in [0.15, 0.2) is 5.82 Å². The van der Waals surface area contributed by atoms with Gasteiger partial charge in [-0.05, 0) is 12.1 Å². The van der Waals surface area contributed by atoms with Crippen molar-refractivity contribution in [3.63, 3.8) is 0 Å². The molecular formula is C9H9N3O. The van der Waals surface area contributed by atoms with Crippen molar-refractivity contribution in [1.29, 1.82) is 0 Å². The van der Waals surface area contributed by atoms with Crippen LogP contribution >= 0.6 is 0 Å². The van der Waals surface area contributed by atoms with Crippen LogP contribution in [0, 0.1) is 0 Å². The molecular weight excluding hydrogens is 166 g/mol. The SMILES string of the molecule is COc1[nH]ccc1-c1ncccn1. The minimum Gasteiger partial charge on any atom is -0.482 e. The summed E-state index contributed by atoms with van der Waals surface area (Å²) in [6.45, 7) is 0. The van der Waals surface area contributed by atoms with Gasteiger partial charge in [-0.25, -0.2) is 9.97 Å². The minimum absolute atomic E-state index is 0.667. The standard InChI is InChI=1S/C9H9N3O/c1-13-9-7(3-6-12-9)8-10-4-2-5-11-8/h2-6,12H,1H3. The van der Waals surface area contributed by atoms with Crippen molar-refractivity contribution in [2.45, 2.75) is 0 Å². The van der Waals surface area contributed by atoms with Crippen LogP contribution in [0.1, 0.15) is 0 Å². The van der Waals surface area contributed by atoms with Crippen molar-refractivity contribution >= 4 is 0 Å². The van der Waals surface area contributed by atoms with Gasteiger partial charge in [-0.2, -0.15) is 0 Å². The molecule has 0 atom stereocenters. The van der Waals surface area contributed by atoms with Crippen LogP contribution in [0.15, 0.2) is 30.7 Å². The van der Waals surface area contributed by atoms with E-state index in [0.29, 0.717) is 11.7 Å². The average Bonchev–Trinajstić information content (AvgIpc) is 2.67. The molecule has 0 spiro atoms. The van der Waals surface area contributed by atoms with Gasteiger partial charge in [-0.15, -0.1) is 0 Å². The number of ether oxygens (including phenoxy) is 1. The number of hydrogen-bond acceptors (Lipinski definition) is 3. The molecule has 0 saturated heterocycles. The maximum absolute atomic E-state index is 5.10. The third-order valence-electron chi connectivity index (χ3n) is 1.72. The largest absolute Gasteiger partial charge is 0.482 e. The van der Waals surface area contributed by atoms with Crippen molar-refractivity contribution in [1.82, 2.24) is 15.0 Å². The predicted octanol–water partition coefficient (Wildman–Crippen LogP) is 1.48. The number of methoxy groups -OCH3 is 1. The Hall–Kier alpha value is -1.84. The highest BCUT2D eigenvalue weighted by Crippen LogP contribution is 2.24. The lowest BCUT2D eigenvalue weighted by Gasteiger charge is -1.99. The minimum atomic E-state index is 0.667. The lowest BCUT2D eigenvalue weighted by atomic mass is 10.3. The lowest BCUT2D eigenvalue weighted by Crippen LogP contribution is -1.89. The molecule has 0 aliphatic heterocycles. The first-order valence-corrected chi connectivity index (χ1v) is 3.90. The summed E-state index contributed by atoms with van der Waals surface area (Å²) in [5.74, 6) is 1.35. The molecule has 0 bridgehead atoms. The van der Waals surface area contributed by atoms with Gasteiger partial charge in [0.2, 0.25) is 5.88 Å². The van der Waals surface area contributed by atoms with Gasteiger partial charge < -0.3 is 9.72 Å². The summed E-state index contributed by atoms with van der Waals surface area (Å²) < 4.78 is 5.10. The number of rotatable bonds is 2. The Morgan fingerprint density at radius 2 is 2.08 bits per heavy atom. The van der Waals surface area contributed by atoms with Gasteiger partial charge in [-0.1, -0.05) is 0 Å². The molecule has 0 aliphatic rings. The lowest BCUT2D eigenvalue weighted by molar-refractivity contribution is 0.402. The van der Waals surface area contributed by atoms with Gasteiger partial charge in [0.25, 0.3) is 0 Å². The highest BCUT2D eigenvalue weighted by Gasteiger charge is 2.07. The van der Waals surface area contributed by atoms with E-state index in [0.717, 1.165) is 5.56 Å². The fraction of sp³-hybridized carbons (Fsp3) is 0.111. The third-order valence-corrected chi connectivity index (χ3v) is 1.72. The molecule has 1 N–H and O–H groups in total. The highest BCUT2D eigenvalue weighted by atomic mass is 16.5. The van der Waals surface area contributed by atoms with E-state index in [4.69, 9.17) is 4.74 Å². The van der Waals surface area contributed by atoms with Crippen LogP contribution in [0.5, 0.6) is 5.88 Å². The van der Waals surface area contributed by atoms with Gasteiger partial charge in [0.05, 0.1) is 12.7 Å². The van der Waals surface area contributed by atoms with E-state index in [1.165, 1.54) is 0 Å². The summed E-state index contributed by atoms with van der Waals surface area (Å²) in [5, 5.41) is 0. The van der Waals surface area contributed by atoms with Crippen LogP contribution in [0.4, 0.5) is 0 Å². The highest BCUT2D eigenvalue weighted by molar-refractivity contribution is 5.61. The Balaban J connectivity index is 2.47. The molecule has 4 heteroatoms. The molecule has 2 heterocycles. The zero-order valence-electron chi connectivity index (χ0n) is 7.19. The molecule has 0 radical (unpaired) electrons. The molecule has 13 heavy (non-hydrogen) atoms. The average molecular weight is 175 g/mol. The van der Waals surface area contributed by atoms with Crippen LogP contribution in [0.25, 0.3) is 11.4 Å². The summed E-state index contributed by atoms with van der Waals surface area (Å²) >= 11 is 0. The predicted molar refractivity (Wildman–Crippen MR) is 48.4 cm³/mol. The molecule has 2 aromatic heterocycles. The van der Waals surface area contributed by atoms with Crippen LogP contribution in [-0.4, -0.2) is 22.1 Å². The summed E-state index contributed by atoms with van der Waals surface area (Å²) in [4.78, 5) is 11.2. The Kier molecular flexibility index (Phi) is 1.96. The molecule has 0 fully saturated rings. The maximum atomic E-state index is 5.10. The second-order valence-corrected chi connectivity index (χ2v) is 2.50. The number of aromatic nitrogens is 3. The quantitative estimate of drug-likeness (QED) is 0.752. The second kappa shape index (κ2) is 3.26. The summed E-state index contributed by atoms with van der Waals surface area (Å²) in [5.41, 5.74) is 0.878. The van der Waals surface area contributed by atoms with E-state index in [-0.39, 0.29) is 0 Å². The number of hydrogen-bond donors (Lipinski definition) is 1. The van der Waals surface area contributed by atoms with E-state index >= 15 is 0 Å². The van der Waals surface area contributed by atoms with E-state index in [9.17, 15) is 0 Å². The Morgan fingerprint density at radius 3 is 2.77 bits per heavy atom. The fourth-order valence-corrected chi connectivity index (χ4v) is 1.14. The monoisotopic (exact) mass is 175 g/mol. The van der Waals surface area contributed by atoms with Crippen molar-refractivity contribution < 1.29 is 4.74 Å². The van der Waals surface area contributed by atoms with E-state index in [2.05, 4.69) is 15.0 Å². The van der Waals surface area contributed by atoms with E-state index in [1.54, 1.807) is 31.8 Å². The number of H-pyrrole nitrogens is 1. The second-order valence-electron chi connectivity index (χ2n) is 2.50. The molecule has 0 saturated carbocycles. The number of aromatic amines is 1. The molecule has 0 amide bonds. The zero-order chi connectivity index (χ0) is 9.10. The molecule has 2 rings (SSSR count). The smallest absolute Gasteiger partial charge is 0.201 e. The summed E-state index contributed by atoms with van der Waals surface area (Å²) in [6.07, 6.45) is 5.20.